The van der Waals surface area contributed by atoms with Crippen LogP contribution in [0.15, 0.2) is 72.8 Å². The summed E-state index contributed by atoms with van der Waals surface area (Å²) in [5.41, 5.74) is 3.49. The SMILES string of the molecule is Cc1nn2c(C(C)C)c(C(=O)N[C@@H](C)c3ccc4ccccc4c3)ccc2c1-c1c(F)cccc1F. The Balaban J connectivity index is 1.55. The Hall–Kier alpha value is -4.06. The summed E-state index contributed by atoms with van der Waals surface area (Å²) in [5, 5.41) is 9.97. The molecule has 0 aliphatic carbocycles. The highest BCUT2D eigenvalue weighted by molar-refractivity contribution is 5.97. The number of fused-ring (bicyclic) bond motifs is 2. The lowest BCUT2D eigenvalue weighted by atomic mass is 9.99. The van der Waals surface area contributed by atoms with Crippen molar-refractivity contribution in [2.24, 2.45) is 0 Å². The third kappa shape index (κ3) is 4.02. The van der Waals surface area contributed by atoms with Gasteiger partial charge in [-0.3, -0.25) is 4.79 Å². The quantitative estimate of drug-likeness (QED) is 0.284. The predicted molar refractivity (Wildman–Crippen MR) is 139 cm³/mol. The molecule has 0 aliphatic heterocycles. The van der Waals surface area contributed by atoms with Crippen molar-refractivity contribution in [2.45, 2.75) is 39.7 Å². The van der Waals surface area contributed by atoms with Crippen molar-refractivity contribution < 1.29 is 13.6 Å². The molecule has 0 bridgehead atoms. The zero-order chi connectivity index (χ0) is 25.6. The van der Waals surface area contributed by atoms with Gasteiger partial charge in [-0.15, -0.1) is 0 Å². The molecule has 2 aromatic heterocycles. The number of hydrogen-bond acceptors (Lipinski definition) is 2. The number of halogens is 2. The molecule has 5 aromatic rings. The van der Waals surface area contributed by atoms with Gasteiger partial charge in [0.25, 0.3) is 5.91 Å². The topological polar surface area (TPSA) is 46.4 Å². The van der Waals surface area contributed by atoms with Gasteiger partial charge in [0.1, 0.15) is 11.6 Å². The summed E-state index contributed by atoms with van der Waals surface area (Å²) in [6, 6.07) is 21.3. The van der Waals surface area contributed by atoms with E-state index in [4.69, 9.17) is 0 Å². The Kier molecular flexibility index (Phi) is 6.04. The fraction of sp³-hybridized carbons (Fsp3) is 0.200. The number of carbonyl (C=O) groups excluding carboxylic acids is 1. The van der Waals surface area contributed by atoms with Gasteiger partial charge >= 0.3 is 0 Å². The first kappa shape index (κ1) is 23.7. The minimum absolute atomic E-state index is 0.0666. The third-order valence-corrected chi connectivity index (χ3v) is 6.63. The molecule has 4 nitrogen and oxygen atoms in total. The lowest BCUT2D eigenvalue weighted by Gasteiger charge is -2.19. The minimum atomic E-state index is -0.648. The summed E-state index contributed by atoms with van der Waals surface area (Å²) in [7, 11) is 0. The van der Waals surface area contributed by atoms with Gasteiger partial charge in [0, 0.05) is 5.56 Å². The largest absolute Gasteiger partial charge is 0.345 e. The van der Waals surface area contributed by atoms with Gasteiger partial charge < -0.3 is 5.32 Å². The number of nitrogens with one attached hydrogen (secondary N) is 1. The van der Waals surface area contributed by atoms with E-state index < -0.39 is 11.6 Å². The van der Waals surface area contributed by atoms with Crippen LogP contribution in [0.5, 0.6) is 0 Å². The van der Waals surface area contributed by atoms with Gasteiger partial charge in [-0.25, -0.2) is 13.3 Å². The summed E-state index contributed by atoms with van der Waals surface area (Å²) in [5.74, 6) is -1.59. The summed E-state index contributed by atoms with van der Waals surface area (Å²) >= 11 is 0. The zero-order valence-electron chi connectivity index (χ0n) is 20.6. The molecule has 0 saturated carbocycles. The number of aryl methyl sites for hydroxylation is 1. The highest BCUT2D eigenvalue weighted by Crippen LogP contribution is 2.35. The number of aromatic nitrogens is 2. The lowest BCUT2D eigenvalue weighted by molar-refractivity contribution is 0.0937. The molecule has 5 rings (SSSR count). The second-order valence-corrected chi connectivity index (χ2v) is 9.44. The number of amides is 1. The maximum Gasteiger partial charge on any atom is 0.253 e. The Morgan fingerprint density at radius 2 is 1.56 bits per heavy atom. The molecule has 2 heterocycles. The van der Waals surface area contributed by atoms with Gasteiger partial charge in [-0.1, -0.05) is 56.3 Å². The molecule has 36 heavy (non-hydrogen) atoms. The monoisotopic (exact) mass is 483 g/mol. The van der Waals surface area contributed by atoms with E-state index in [1.54, 1.807) is 23.6 Å². The zero-order valence-corrected chi connectivity index (χ0v) is 20.6. The molecule has 1 amide bonds. The van der Waals surface area contributed by atoms with Crippen molar-refractivity contribution in [1.29, 1.82) is 0 Å². The first-order chi connectivity index (χ1) is 17.3. The molecular formula is C30H27F2N3O. The second-order valence-electron chi connectivity index (χ2n) is 9.44. The molecule has 0 radical (unpaired) electrons. The average molecular weight is 484 g/mol. The first-order valence-corrected chi connectivity index (χ1v) is 12.0. The maximum atomic E-state index is 14.6. The van der Waals surface area contributed by atoms with E-state index in [1.807, 2.05) is 45.0 Å². The molecule has 0 saturated heterocycles. The van der Waals surface area contributed by atoms with Crippen molar-refractivity contribution in [3.63, 3.8) is 0 Å². The molecule has 1 N–H and O–H groups in total. The molecule has 182 valence electrons. The Morgan fingerprint density at radius 3 is 2.25 bits per heavy atom. The number of benzene rings is 3. The van der Waals surface area contributed by atoms with Gasteiger partial charge in [-0.2, -0.15) is 5.10 Å². The van der Waals surface area contributed by atoms with Crippen LogP contribution in [0.4, 0.5) is 8.78 Å². The van der Waals surface area contributed by atoms with Gasteiger partial charge in [0.05, 0.1) is 34.1 Å². The van der Waals surface area contributed by atoms with E-state index >= 15 is 0 Å². The van der Waals surface area contributed by atoms with Crippen LogP contribution in [0.25, 0.3) is 27.4 Å². The molecule has 0 spiro atoms. The number of carbonyl (C=O) groups is 1. The van der Waals surface area contributed by atoms with Crippen molar-refractivity contribution in [3.05, 3.63) is 107 Å². The van der Waals surface area contributed by atoms with E-state index in [9.17, 15) is 13.6 Å². The third-order valence-electron chi connectivity index (χ3n) is 6.63. The second kappa shape index (κ2) is 9.19. The minimum Gasteiger partial charge on any atom is -0.345 e. The maximum absolute atomic E-state index is 14.6. The van der Waals surface area contributed by atoms with Crippen molar-refractivity contribution >= 4 is 22.2 Å². The number of pyridine rings is 1. The molecule has 6 heteroatoms. The van der Waals surface area contributed by atoms with Crippen LogP contribution in [0.2, 0.25) is 0 Å². The van der Waals surface area contributed by atoms with E-state index in [-0.39, 0.29) is 23.4 Å². The van der Waals surface area contributed by atoms with E-state index in [0.29, 0.717) is 28.0 Å². The number of rotatable bonds is 5. The molecule has 0 aliphatic rings. The van der Waals surface area contributed by atoms with Crippen molar-refractivity contribution in [3.8, 4) is 11.1 Å². The standard InChI is InChI=1S/C30H27F2N3O/c1-17(2)29-23(30(36)33-18(3)21-13-12-20-8-5-6-9-22(20)16-21)14-15-26-27(19(4)34-35(26)29)28-24(31)10-7-11-25(28)32/h5-18H,1-4H3,(H,33,36)/t18-/m0/s1. The average Bonchev–Trinajstić information content (AvgIpc) is 3.18. The summed E-state index contributed by atoms with van der Waals surface area (Å²) < 4.78 is 30.9. The van der Waals surface area contributed by atoms with Crippen molar-refractivity contribution in [1.82, 2.24) is 14.9 Å². The molecule has 0 unspecified atom stereocenters. The highest BCUT2D eigenvalue weighted by atomic mass is 19.1. The molecule has 1 atom stereocenters. The Bertz CT molecular complexity index is 1600. The van der Waals surface area contributed by atoms with Crippen molar-refractivity contribution in [2.75, 3.05) is 0 Å². The van der Waals surface area contributed by atoms with Gasteiger partial charge in [-0.05, 0) is 66.4 Å². The van der Waals surface area contributed by atoms with Gasteiger partial charge in [0.2, 0.25) is 0 Å². The summed E-state index contributed by atoms with van der Waals surface area (Å²) in [4.78, 5) is 13.5. The van der Waals surface area contributed by atoms with Crippen LogP contribution in [0.3, 0.4) is 0 Å². The van der Waals surface area contributed by atoms with Crippen LogP contribution in [-0.2, 0) is 0 Å². The first-order valence-electron chi connectivity index (χ1n) is 12.0. The smallest absolute Gasteiger partial charge is 0.253 e. The van der Waals surface area contributed by atoms with Gasteiger partial charge in [0.15, 0.2) is 0 Å². The predicted octanol–water partition coefficient (Wildman–Crippen LogP) is 7.36. The molecule has 0 fully saturated rings. The van der Waals surface area contributed by atoms with Crippen LogP contribution >= 0.6 is 0 Å². The van der Waals surface area contributed by atoms with Crippen LogP contribution in [-0.4, -0.2) is 15.5 Å². The van der Waals surface area contributed by atoms with E-state index in [0.717, 1.165) is 16.3 Å². The lowest BCUT2D eigenvalue weighted by Crippen LogP contribution is -2.28. The summed E-state index contributed by atoms with van der Waals surface area (Å²) in [6.07, 6.45) is 0. The number of nitrogens with zero attached hydrogens (tertiary/aromatic N) is 2. The van der Waals surface area contributed by atoms with Crippen LogP contribution in [0, 0.1) is 18.6 Å². The normalized spacial score (nSPS) is 12.4. The van der Waals surface area contributed by atoms with Crippen LogP contribution in [0.1, 0.15) is 60.0 Å². The Labute approximate surface area is 208 Å². The van der Waals surface area contributed by atoms with Crippen LogP contribution < -0.4 is 5.32 Å². The van der Waals surface area contributed by atoms with E-state index in [1.165, 1.54) is 18.2 Å². The van der Waals surface area contributed by atoms with E-state index in [2.05, 4.69) is 28.6 Å². The summed E-state index contributed by atoms with van der Waals surface area (Å²) in [6.45, 7) is 7.62. The fourth-order valence-electron chi connectivity index (χ4n) is 4.87. The molecular weight excluding hydrogens is 456 g/mol. The highest BCUT2D eigenvalue weighted by Gasteiger charge is 2.25. The molecule has 3 aromatic carbocycles. The fourth-order valence-corrected chi connectivity index (χ4v) is 4.87. The number of hydrogen-bond donors (Lipinski definition) is 1. The Morgan fingerprint density at radius 1 is 0.861 bits per heavy atom.